The number of nitrogens with zero attached hydrogens (tertiary/aromatic N) is 1. The molecular formula is C11H14N2O3S2. The normalized spacial score (nSPS) is 19.5. The average molecular weight is 286 g/mol. The van der Waals surface area contributed by atoms with Gasteiger partial charge in [-0.05, 0) is 6.92 Å². The van der Waals surface area contributed by atoms with Crippen LogP contribution in [0.5, 0.6) is 0 Å². The maximum absolute atomic E-state index is 11.8. The summed E-state index contributed by atoms with van der Waals surface area (Å²) in [6, 6.07) is 0. The molecule has 1 unspecified atom stereocenters. The van der Waals surface area contributed by atoms with Crippen molar-refractivity contribution in [2.75, 3.05) is 23.9 Å². The van der Waals surface area contributed by atoms with Crippen LogP contribution in [0.15, 0.2) is 11.0 Å². The number of aromatic nitrogens is 2. The third-order valence-corrected chi connectivity index (χ3v) is 5.20. The highest BCUT2D eigenvalue weighted by Gasteiger charge is 2.20. The van der Waals surface area contributed by atoms with E-state index in [1.165, 1.54) is 6.20 Å². The summed E-state index contributed by atoms with van der Waals surface area (Å²) < 4.78 is 4.79. The summed E-state index contributed by atoms with van der Waals surface area (Å²) in [4.78, 5) is 30.1. The highest BCUT2D eigenvalue weighted by Crippen LogP contribution is 2.34. The van der Waals surface area contributed by atoms with E-state index >= 15 is 0 Å². The fraction of sp³-hybridized carbons (Fsp3) is 0.545. The van der Waals surface area contributed by atoms with Crippen molar-refractivity contribution >= 4 is 29.5 Å². The summed E-state index contributed by atoms with van der Waals surface area (Å²) in [7, 11) is 0. The van der Waals surface area contributed by atoms with Gasteiger partial charge in [0.2, 0.25) is 0 Å². The van der Waals surface area contributed by atoms with Crippen molar-refractivity contribution in [3.05, 3.63) is 27.9 Å². The lowest BCUT2D eigenvalue weighted by Gasteiger charge is -2.19. The fourth-order valence-electron chi connectivity index (χ4n) is 1.57. The van der Waals surface area contributed by atoms with Gasteiger partial charge in [0.1, 0.15) is 11.4 Å². The molecule has 1 aromatic heterocycles. The molecule has 0 bridgehead atoms. The molecule has 0 aliphatic carbocycles. The van der Waals surface area contributed by atoms with Crippen LogP contribution in [0.1, 0.15) is 28.4 Å². The first-order chi connectivity index (χ1) is 8.72. The maximum atomic E-state index is 11.8. The number of hydrogen-bond acceptors (Lipinski definition) is 6. The second-order valence-corrected chi connectivity index (χ2v) is 6.13. The predicted octanol–water partition coefficient (Wildman–Crippen LogP) is 1.47. The van der Waals surface area contributed by atoms with Gasteiger partial charge < -0.3 is 9.72 Å². The third-order valence-electron chi connectivity index (χ3n) is 2.44. The Hall–Kier alpha value is -0.950. The van der Waals surface area contributed by atoms with Gasteiger partial charge in [0.15, 0.2) is 0 Å². The summed E-state index contributed by atoms with van der Waals surface area (Å²) >= 11 is 3.63. The first-order valence-corrected chi connectivity index (χ1v) is 7.88. The summed E-state index contributed by atoms with van der Waals surface area (Å²) in [6.07, 6.45) is 1.31. The number of aromatic amines is 1. The molecule has 0 aromatic carbocycles. The second-order valence-electron chi connectivity index (χ2n) is 3.67. The van der Waals surface area contributed by atoms with Gasteiger partial charge in [-0.1, -0.05) is 0 Å². The fourth-order valence-corrected chi connectivity index (χ4v) is 4.20. The second kappa shape index (κ2) is 6.29. The molecule has 98 valence electrons. The molecule has 2 heterocycles. The zero-order chi connectivity index (χ0) is 13.0. The lowest BCUT2D eigenvalue weighted by atomic mass is 10.3. The molecule has 2 rings (SSSR count). The molecule has 7 heteroatoms. The molecule has 1 atom stereocenters. The van der Waals surface area contributed by atoms with Crippen molar-refractivity contribution in [3.63, 3.8) is 0 Å². The number of esters is 1. The van der Waals surface area contributed by atoms with E-state index in [0.717, 1.165) is 17.3 Å². The maximum Gasteiger partial charge on any atom is 0.345 e. The lowest BCUT2D eigenvalue weighted by molar-refractivity contribution is 0.0523. The Kier molecular flexibility index (Phi) is 4.71. The van der Waals surface area contributed by atoms with Gasteiger partial charge in [-0.25, -0.2) is 9.78 Å². The molecule has 1 saturated heterocycles. The summed E-state index contributed by atoms with van der Waals surface area (Å²) in [5.41, 5.74) is -0.455. The summed E-state index contributed by atoms with van der Waals surface area (Å²) in [6.45, 7) is 1.94. The lowest BCUT2D eigenvalue weighted by Crippen LogP contribution is -2.23. The Morgan fingerprint density at radius 1 is 1.61 bits per heavy atom. The first kappa shape index (κ1) is 13.5. The highest BCUT2D eigenvalue weighted by molar-refractivity contribution is 8.06. The highest BCUT2D eigenvalue weighted by atomic mass is 32.2. The molecule has 1 aliphatic rings. The van der Waals surface area contributed by atoms with Gasteiger partial charge in [-0.2, -0.15) is 11.8 Å². The molecule has 0 saturated carbocycles. The number of H-pyrrole nitrogens is 1. The molecular weight excluding hydrogens is 272 g/mol. The third kappa shape index (κ3) is 3.08. The van der Waals surface area contributed by atoms with E-state index in [9.17, 15) is 9.59 Å². The SMILES string of the molecule is CCOC(=O)c1cnc(C2CSCCS2)[nH]c1=O. The van der Waals surface area contributed by atoms with Gasteiger partial charge in [0.05, 0.1) is 11.9 Å². The zero-order valence-corrected chi connectivity index (χ0v) is 11.6. The van der Waals surface area contributed by atoms with Gasteiger partial charge >= 0.3 is 5.97 Å². The molecule has 0 spiro atoms. The smallest absolute Gasteiger partial charge is 0.345 e. The van der Waals surface area contributed by atoms with Gasteiger partial charge in [-0.15, -0.1) is 11.8 Å². The van der Waals surface area contributed by atoms with Crippen molar-refractivity contribution < 1.29 is 9.53 Å². The molecule has 0 amide bonds. The van der Waals surface area contributed by atoms with Crippen LogP contribution in [0.2, 0.25) is 0 Å². The minimum atomic E-state index is -0.622. The van der Waals surface area contributed by atoms with Crippen molar-refractivity contribution in [2.24, 2.45) is 0 Å². The van der Waals surface area contributed by atoms with Crippen molar-refractivity contribution in [1.29, 1.82) is 0 Å². The van der Waals surface area contributed by atoms with E-state index in [4.69, 9.17) is 4.74 Å². The van der Waals surface area contributed by atoms with Gasteiger partial charge in [-0.3, -0.25) is 4.79 Å². The van der Waals surface area contributed by atoms with Crippen LogP contribution in [-0.2, 0) is 4.74 Å². The molecule has 18 heavy (non-hydrogen) atoms. The van der Waals surface area contributed by atoms with Crippen LogP contribution in [0.3, 0.4) is 0 Å². The van der Waals surface area contributed by atoms with Crippen molar-refractivity contribution in [3.8, 4) is 0 Å². The van der Waals surface area contributed by atoms with Crippen LogP contribution >= 0.6 is 23.5 Å². The van der Waals surface area contributed by atoms with Gasteiger partial charge in [0, 0.05) is 23.5 Å². The van der Waals surface area contributed by atoms with E-state index in [2.05, 4.69) is 9.97 Å². The zero-order valence-electron chi connectivity index (χ0n) is 9.97. The molecule has 5 nitrogen and oxygen atoms in total. The van der Waals surface area contributed by atoms with E-state index in [1.54, 1.807) is 18.7 Å². The molecule has 1 fully saturated rings. The quantitative estimate of drug-likeness (QED) is 0.848. The Bertz CT molecular complexity index is 483. The van der Waals surface area contributed by atoms with E-state index in [-0.39, 0.29) is 17.4 Å². The number of nitrogens with one attached hydrogen (secondary N) is 1. The van der Waals surface area contributed by atoms with E-state index in [0.29, 0.717) is 5.82 Å². The minimum absolute atomic E-state index is 0.0333. The van der Waals surface area contributed by atoms with Crippen molar-refractivity contribution in [2.45, 2.75) is 12.2 Å². The Morgan fingerprint density at radius 3 is 3.06 bits per heavy atom. The van der Waals surface area contributed by atoms with Gasteiger partial charge in [0.25, 0.3) is 5.56 Å². The largest absolute Gasteiger partial charge is 0.462 e. The Balaban J connectivity index is 2.19. The van der Waals surface area contributed by atoms with Crippen LogP contribution in [0.25, 0.3) is 0 Å². The number of rotatable bonds is 3. The number of ether oxygens (including phenoxy) is 1. The Labute approximate surface area is 113 Å². The number of hydrogen-bond donors (Lipinski definition) is 1. The number of carbonyl (C=O) groups is 1. The van der Waals surface area contributed by atoms with Crippen LogP contribution < -0.4 is 5.56 Å². The Morgan fingerprint density at radius 2 is 2.44 bits per heavy atom. The monoisotopic (exact) mass is 286 g/mol. The number of carbonyl (C=O) groups excluding carboxylic acids is 1. The molecule has 1 N–H and O–H groups in total. The first-order valence-electron chi connectivity index (χ1n) is 5.68. The predicted molar refractivity (Wildman–Crippen MR) is 73.3 cm³/mol. The summed E-state index contributed by atoms with van der Waals surface area (Å²) in [5.74, 6) is 3.14. The van der Waals surface area contributed by atoms with E-state index in [1.807, 2.05) is 11.8 Å². The topological polar surface area (TPSA) is 72.0 Å². The molecule has 0 radical (unpaired) electrons. The van der Waals surface area contributed by atoms with Crippen LogP contribution in [0, 0.1) is 0 Å². The molecule has 1 aromatic rings. The average Bonchev–Trinajstić information content (AvgIpc) is 2.40. The minimum Gasteiger partial charge on any atom is -0.462 e. The van der Waals surface area contributed by atoms with Crippen LogP contribution in [-0.4, -0.2) is 39.8 Å². The van der Waals surface area contributed by atoms with E-state index < -0.39 is 11.5 Å². The number of thioether (sulfide) groups is 2. The summed E-state index contributed by atoms with van der Waals surface area (Å²) in [5, 5.41) is 0.202. The standard InChI is InChI=1S/C11H14N2O3S2/c1-2-16-11(15)7-5-12-9(13-10(7)14)8-6-17-3-4-18-8/h5,8H,2-4,6H2,1H3,(H,12,13,14). The van der Waals surface area contributed by atoms with Crippen LogP contribution in [0.4, 0.5) is 0 Å². The van der Waals surface area contributed by atoms with Crippen molar-refractivity contribution in [1.82, 2.24) is 9.97 Å². The molecule has 1 aliphatic heterocycles.